The summed E-state index contributed by atoms with van der Waals surface area (Å²) in [6, 6.07) is 3.96. The fourth-order valence-electron chi connectivity index (χ4n) is 2.21. The zero-order chi connectivity index (χ0) is 14.0. The van der Waals surface area contributed by atoms with Crippen LogP contribution in [0.15, 0.2) is 24.5 Å². The average Bonchev–Trinajstić information content (AvgIpc) is 2.65. The lowest BCUT2D eigenvalue weighted by Crippen LogP contribution is -2.23. The second kappa shape index (κ2) is 5.36. The summed E-state index contributed by atoms with van der Waals surface area (Å²) in [6.07, 6.45) is 3.61. The van der Waals surface area contributed by atoms with Gasteiger partial charge in [-0.1, -0.05) is 18.3 Å². The number of pyridine rings is 1. The van der Waals surface area contributed by atoms with E-state index in [-0.39, 0.29) is 0 Å². The normalized spacial score (nSPS) is 10.5. The van der Waals surface area contributed by atoms with Crippen molar-refractivity contribution in [3.8, 4) is 0 Å². The summed E-state index contributed by atoms with van der Waals surface area (Å²) in [6.45, 7) is 2.64. The molecule has 0 radical (unpaired) electrons. The molecular formula is C13H17N5S. The van der Waals surface area contributed by atoms with Crippen molar-refractivity contribution in [3.63, 3.8) is 0 Å². The number of rotatable bonds is 4. The summed E-state index contributed by atoms with van der Waals surface area (Å²) in [4.78, 5) is 6.57. The van der Waals surface area contributed by atoms with Gasteiger partial charge in [-0.3, -0.25) is 9.67 Å². The van der Waals surface area contributed by atoms with Gasteiger partial charge in [0.1, 0.15) is 10.8 Å². The molecule has 100 valence electrons. The van der Waals surface area contributed by atoms with E-state index in [4.69, 9.17) is 18.0 Å². The van der Waals surface area contributed by atoms with Crippen molar-refractivity contribution in [2.75, 3.05) is 11.9 Å². The van der Waals surface area contributed by atoms with E-state index < -0.39 is 0 Å². The molecule has 0 aliphatic carbocycles. The molecule has 0 amide bonds. The second-order valence-corrected chi connectivity index (χ2v) is 4.93. The fourth-order valence-corrected chi connectivity index (χ4v) is 2.45. The summed E-state index contributed by atoms with van der Waals surface area (Å²) < 4.78 is 1.81. The Labute approximate surface area is 118 Å². The lowest BCUT2D eigenvalue weighted by molar-refractivity contribution is 0.726. The minimum atomic E-state index is 0.374. The summed E-state index contributed by atoms with van der Waals surface area (Å²) in [5.74, 6) is 0.925. The Morgan fingerprint density at radius 1 is 1.53 bits per heavy atom. The Hall–Kier alpha value is -1.95. The van der Waals surface area contributed by atoms with Crippen LogP contribution in [0.4, 0.5) is 5.82 Å². The van der Waals surface area contributed by atoms with E-state index in [0.717, 1.165) is 29.2 Å². The van der Waals surface area contributed by atoms with Crippen LogP contribution in [-0.4, -0.2) is 26.8 Å². The first-order chi connectivity index (χ1) is 9.00. The molecule has 2 aromatic heterocycles. The zero-order valence-corrected chi connectivity index (χ0v) is 12.1. The topological polar surface area (TPSA) is 60.0 Å². The average molecular weight is 275 g/mol. The quantitative estimate of drug-likeness (QED) is 0.855. The third kappa shape index (κ3) is 2.73. The maximum absolute atomic E-state index is 5.80. The molecule has 0 aromatic carbocycles. The Morgan fingerprint density at radius 2 is 2.26 bits per heavy atom. The molecule has 0 fully saturated rings. The monoisotopic (exact) mass is 275 g/mol. The fraction of sp³-hybridized carbons (Fsp3) is 0.308. The van der Waals surface area contributed by atoms with Crippen molar-refractivity contribution in [2.45, 2.75) is 13.5 Å². The summed E-state index contributed by atoms with van der Waals surface area (Å²) >= 11 is 5.12. The minimum Gasteiger partial charge on any atom is -0.389 e. The first-order valence-corrected chi connectivity index (χ1v) is 6.35. The van der Waals surface area contributed by atoms with Crippen molar-refractivity contribution < 1.29 is 0 Å². The van der Waals surface area contributed by atoms with Crippen LogP contribution in [0.5, 0.6) is 0 Å². The smallest absolute Gasteiger partial charge is 0.137 e. The third-order valence-electron chi connectivity index (χ3n) is 2.94. The Bertz CT molecular complexity index is 591. The van der Waals surface area contributed by atoms with Gasteiger partial charge in [0.15, 0.2) is 0 Å². The molecule has 0 unspecified atom stereocenters. The highest BCUT2D eigenvalue weighted by atomic mass is 32.1. The molecule has 5 nitrogen and oxygen atoms in total. The van der Waals surface area contributed by atoms with Crippen molar-refractivity contribution >= 4 is 23.0 Å². The number of hydrogen-bond donors (Lipinski definition) is 1. The molecule has 6 heteroatoms. The van der Waals surface area contributed by atoms with E-state index in [1.165, 1.54) is 0 Å². The van der Waals surface area contributed by atoms with Gasteiger partial charge in [0, 0.05) is 33.0 Å². The van der Waals surface area contributed by atoms with Crippen LogP contribution >= 0.6 is 12.2 Å². The van der Waals surface area contributed by atoms with Crippen LogP contribution in [-0.2, 0) is 13.6 Å². The summed E-state index contributed by atoms with van der Waals surface area (Å²) in [7, 11) is 3.88. The number of aryl methyl sites for hydroxylation is 2. The molecule has 0 aliphatic heterocycles. The standard InChI is InChI=1S/C13H17N5S/c1-9-11(12(14)19)13(18(3)16-9)17(2)8-10-5-4-6-15-7-10/h4-7H,8H2,1-3H3,(H2,14,19). The molecule has 2 heterocycles. The van der Waals surface area contributed by atoms with Gasteiger partial charge in [0.25, 0.3) is 0 Å². The molecule has 0 saturated heterocycles. The minimum absolute atomic E-state index is 0.374. The summed E-state index contributed by atoms with van der Waals surface area (Å²) in [5.41, 5.74) is 8.61. The molecule has 2 N–H and O–H groups in total. The van der Waals surface area contributed by atoms with Crippen LogP contribution in [0.3, 0.4) is 0 Å². The highest BCUT2D eigenvalue weighted by Gasteiger charge is 2.18. The van der Waals surface area contributed by atoms with Gasteiger partial charge in [-0.25, -0.2) is 0 Å². The van der Waals surface area contributed by atoms with Crippen LogP contribution in [0, 0.1) is 6.92 Å². The van der Waals surface area contributed by atoms with Gasteiger partial charge >= 0.3 is 0 Å². The number of aromatic nitrogens is 3. The maximum Gasteiger partial charge on any atom is 0.137 e. The van der Waals surface area contributed by atoms with Crippen LogP contribution in [0.25, 0.3) is 0 Å². The predicted molar refractivity (Wildman–Crippen MR) is 80.2 cm³/mol. The molecule has 19 heavy (non-hydrogen) atoms. The van der Waals surface area contributed by atoms with Gasteiger partial charge < -0.3 is 10.6 Å². The van der Waals surface area contributed by atoms with Crippen molar-refractivity contribution in [1.82, 2.24) is 14.8 Å². The maximum atomic E-state index is 5.80. The molecule has 2 rings (SSSR count). The molecule has 0 atom stereocenters. The van der Waals surface area contributed by atoms with Gasteiger partial charge in [-0.2, -0.15) is 5.10 Å². The Kier molecular flexibility index (Phi) is 3.80. The van der Waals surface area contributed by atoms with Gasteiger partial charge in [-0.15, -0.1) is 0 Å². The van der Waals surface area contributed by atoms with Gasteiger partial charge in [0.05, 0.1) is 11.3 Å². The van der Waals surface area contributed by atoms with E-state index in [1.54, 1.807) is 10.9 Å². The van der Waals surface area contributed by atoms with Gasteiger partial charge in [-0.05, 0) is 18.6 Å². The van der Waals surface area contributed by atoms with E-state index in [1.807, 2.05) is 39.3 Å². The number of anilines is 1. The molecular weight excluding hydrogens is 258 g/mol. The van der Waals surface area contributed by atoms with E-state index in [9.17, 15) is 0 Å². The third-order valence-corrected chi connectivity index (χ3v) is 3.15. The summed E-state index contributed by atoms with van der Waals surface area (Å²) in [5, 5.41) is 4.39. The van der Waals surface area contributed by atoms with E-state index >= 15 is 0 Å². The molecule has 2 aromatic rings. The van der Waals surface area contributed by atoms with Crippen LogP contribution in [0.2, 0.25) is 0 Å². The van der Waals surface area contributed by atoms with Crippen molar-refractivity contribution in [2.24, 2.45) is 12.8 Å². The number of hydrogen-bond acceptors (Lipinski definition) is 4. The molecule has 0 spiro atoms. The van der Waals surface area contributed by atoms with Crippen LogP contribution < -0.4 is 10.6 Å². The SMILES string of the molecule is Cc1nn(C)c(N(C)Cc2cccnc2)c1C(N)=S. The van der Waals surface area contributed by atoms with Crippen LogP contribution in [0.1, 0.15) is 16.8 Å². The van der Waals surface area contributed by atoms with E-state index in [0.29, 0.717) is 4.99 Å². The number of nitrogens with two attached hydrogens (primary N) is 1. The van der Waals surface area contributed by atoms with Gasteiger partial charge in [0.2, 0.25) is 0 Å². The molecule has 0 aliphatic rings. The second-order valence-electron chi connectivity index (χ2n) is 4.49. The first kappa shape index (κ1) is 13.5. The lowest BCUT2D eigenvalue weighted by atomic mass is 10.2. The van der Waals surface area contributed by atoms with Crippen molar-refractivity contribution in [3.05, 3.63) is 41.3 Å². The van der Waals surface area contributed by atoms with E-state index in [2.05, 4.69) is 15.0 Å². The van der Waals surface area contributed by atoms with Crippen molar-refractivity contribution in [1.29, 1.82) is 0 Å². The highest BCUT2D eigenvalue weighted by Crippen LogP contribution is 2.23. The zero-order valence-electron chi connectivity index (χ0n) is 11.3. The largest absolute Gasteiger partial charge is 0.389 e. The number of thiocarbonyl (C=S) groups is 1. The first-order valence-electron chi connectivity index (χ1n) is 5.94. The lowest BCUT2D eigenvalue weighted by Gasteiger charge is -2.20. The number of nitrogens with zero attached hydrogens (tertiary/aromatic N) is 4. The molecule has 0 saturated carbocycles. The Morgan fingerprint density at radius 3 is 2.84 bits per heavy atom. The predicted octanol–water partition coefficient (Wildman–Crippen LogP) is 1.39. The highest BCUT2D eigenvalue weighted by molar-refractivity contribution is 7.80. The molecule has 0 bridgehead atoms. The Balaban J connectivity index is 2.34.